The summed E-state index contributed by atoms with van der Waals surface area (Å²) in [7, 11) is 2.18. The number of alkyl halides is 1. The number of para-hydroxylation sites is 1. The Labute approximate surface area is 125 Å². The first-order chi connectivity index (χ1) is 9.78. The van der Waals surface area contributed by atoms with Gasteiger partial charge >= 0.3 is 0 Å². The number of nitrogens with zero attached hydrogens (tertiary/aromatic N) is 3. The van der Waals surface area contributed by atoms with Gasteiger partial charge in [0.05, 0.1) is 5.52 Å². The van der Waals surface area contributed by atoms with Gasteiger partial charge in [-0.1, -0.05) is 18.2 Å². The Morgan fingerprint density at radius 2 is 2.00 bits per heavy atom. The fourth-order valence-electron chi connectivity index (χ4n) is 2.78. The van der Waals surface area contributed by atoms with E-state index >= 15 is 0 Å². The monoisotopic (exact) mass is 289 g/mol. The van der Waals surface area contributed by atoms with Crippen LogP contribution in [0, 0.1) is 0 Å². The van der Waals surface area contributed by atoms with Crippen LogP contribution in [-0.2, 0) is 5.88 Å². The summed E-state index contributed by atoms with van der Waals surface area (Å²) in [6.45, 7) is 4.35. The van der Waals surface area contributed by atoms with Crippen molar-refractivity contribution in [2.24, 2.45) is 0 Å². The largest absolute Gasteiger partial charge is 0.355 e. The van der Waals surface area contributed by atoms with E-state index in [4.69, 9.17) is 16.6 Å². The van der Waals surface area contributed by atoms with Crippen molar-refractivity contribution in [1.82, 2.24) is 9.88 Å². The lowest BCUT2D eigenvalue weighted by atomic mass is 10.1. The van der Waals surface area contributed by atoms with E-state index in [1.54, 1.807) is 0 Å². The molecule has 1 aliphatic heterocycles. The smallest absolute Gasteiger partial charge is 0.129 e. The molecule has 1 aliphatic rings. The molecule has 0 amide bonds. The Balaban J connectivity index is 1.98. The summed E-state index contributed by atoms with van der Waals surface area (Å²) < 4.78 is 0. The molecule has 2 aromatic rings. The minimum atomic E-state index is 0.532. The molecule has 1 saturated heterocycles. The highest BCUT2D eigenvalue weighted by Crippen LogP contribution is 2.24. The SMILES string of the molecule is CN1CCCN(c2cc(CCl)c3ccccc3n2)CC1. The van der Waals surface area contributed by atoms with E-state index in [0.717, 1.165) is 42.9 Å². The Kier molecular flexibility index (Phi) is 4.08. The molecule has 0 radical (unpaired) electrons. The van der Waals surface area contributed by atoms with Gasteiger partial charge in [0.1, 0.15) is 5.82 Å². The minimum absolute atomic E-state index is 0.532. The van der Waals surface area contributed by atoms with Crippen molar-refractivity contribution >= 4 is 28.3 Å². The van der Waals surface area contributed by atoms with Crippen LogP contribution in [-0.4, -0.2) is 43.1 Å². The van der Waals surface area contributed by atoms with Crippen molar-refractivity contribution in [2.45, 2.75) is 12.3 Å². The number of likely N-dealkylation sites (N-methyl/N-ethyl adjacent to an activating group) is 1. The molecule has 3 rings (SSSR count). The number of hydrogen-bond acceptors (Lipinski definition) is 3. The first-order valence-electron chi connectivity index (χ1n) is 7.16. The highest BCUT2D eigenvalue weighted by Gasteiger charge is 2.15. The van der Waals surface area contributed by atoms with Crippen LogP contribution in [0.2, 0.25) is 0 Å². The third kappa shape index (κ3) is 2.74. The van der Waals surface area contributed by atoms with Crippen molar-refractivity contribution in [1.29, 1.82) is 0 Å². The van der Waals surface area contributed by atoms with E-state index in [9.17, 15) is 0 Å². The standard InChI is InChI=1S/C16H20ClN3/c1-19-7-4-8-20(10-9-19)16-11-13(12-17)14-5-2-3-6-15(14)18-16/h2-3,5-6,11H,4,7-10,12H2,1H3. The average molecular weight is 290 g/mol. The number of aromatic nitrogens is 1. The highest BCUT2D eigenvalue weighted by atomic mass is 35.5. The van der Waals surface area contributed by atoms with Gasteiger partial charge in [0.15, 0.2) is 0 Å². The molecule has 20 heavy (non-hydrogen) atoms. The van der Waals surface area contributed by atoms with Gasteiger partial charge in [0, 0.05) is 30.9 Å². The molecule has 0 bridgehead atoms. The van der Waals surface area contributed by atoms with Crippen LogP contribution >= 0.6 is 11.6 Å². The average Bonchev–Trinajstić information content (AvgIpc) is 2.71. The lowest BCUT2D eigenvalue weighted by Gasteiger charge is -2.22. The predicted molar refractivity (Wildman–Crippen MR) is 85.6 cm³/mol. The predicted octanol–water partition coefficient (Wildman–Crippen LogP) is 3.12. The topological polar surface area (TPSA) is 19.4 Å². The Morgan fingerprint density at radius 1 is 1.15 bits per heavy atom. The van der Waals surface area contributed by atoms with E-state index in [1.165, 1.54) is 12.0 Å². The maximum absolute atomic E-state index is 6.12. The summed E-state index contributed by atoms with van der Waals surface area (Å²) in [5.41, 5.74) is 2.21. The fourth-order valence-corrected chi connectivity index (χ4v) is 3.00. The molecule has 0 unspecified atom stereocenters. The van der Waals surface area contributed by atoms with Crippen LogP contribution in [0.3, 0.4) is 0 Å². The number of hydrogen-bond donors (Lipinski definition) is 0. The summed E-state index contributed by atoms with van der Waals surface area (Å²) in [6, 6.07) is 10.4. The molecule has 0 N–H and O–H groups in total. The Bertz CT molecular complexity index is 599. The first-order valence-corrected chi connectivity index (χ1v) is 7.69. The van der Waals surface area contributed by atoms with Crippen LogP contribution in [0.4, 0.5) is 5.82 Å². The highest BCUT2D eigenvalue weighted by molar-refractivity contribution is 6.18. The number of benzene rings is 1. The third-order valence-corrected chi connectivity index (χ3v) is 4.26. The summed E-state index contributed by atoms with van der Waals surface area (Å²) in [4.78, 5) is 9.58. The molecule has 1 aromatic carbocycles. The lowest BCUT2D eigenvalue weighted by Crippen LogP contribution is -2.29. The number of halogens is 1. The molecule has 2 heterocycles. The second-order valence-electron chi connectivity index (χ2n) is 5.43. The van der Waals surface area contributed by atoms with Gasteiger partial charge in [0.25, 0.3) is 0 Å². The third-order valence-electron chi connectivity index (χ3n) is 3.98. The van der Waals surface area contributed by atoms with E-state index < -0.39 is 0 Å². The molecule has 0 saturated carbocycles. The zero-order valence-corrected chi connectivity index (χ0v) is 12.6. The van der Waals surface area contributed by atoms with Crippen molar-refractivity contribution in [3.8, 4) is 0 Å². The van der Waals surface area contributed by atoms with E-state index in [0.29, 0.717) is 5.88 Å². The van der Waals surface area contributed by atoms with Crippen LogP contribution in [0.5, 0.6) is 0 Å². The number of fused-ring (bicyclic) bond motifs is 1. The molecule has 3 nitrogen and oxygen atoms in total. The van der Waals surface area contributed by atoms with E-state index in [-0.39, 0.29) is 0 Å². The molecule has 1 fully saturated rings. The normalized spacial score (nSPS) is 17.4. The van der Waals surface area contributed by atoms with Crippen LogP contribution in [0.1, 0.15) is 12.0 Å². The Morgan fingerprint density at radius 3 is 2.85 bits per heavy atom. The summed E-state index contributed by atoms with van der Waals surface area (Å²) in [5.74, 6) is 1.60. The summed E-state index contributed by atoms with van der Waals surface area (Å²) in [5, 5.41) is 1.16. The van der Waals surface area contributed by atoms with Crippen LogP contribution < -0.4 is 4.90 Å². The maximum atomic E-state index is 6.12. The molecule has 106 valence electrons. The number of anilines is 1. The van der Waals surface area contributed by atoms with Gasteiger partial charge in [-0.25, -0.2) is 4.98 Å². The van der Waals surface area contributed by atoms with E-state index in [2.05, 4.69) is 35.0 Å². The second-order valence-corrected chi connectivity index (χ2v) is 5.70. The summed E-state index contributed by atoms with van der Waals surface area (Å²) >= 11 is 6.12. The van der Waals surface area contributed by atoms with Gasteiger partial charge in [-0.05, 0) is 37.7 Å². The quantitative estimate of drug-likeness (QED) is 0.792. The zero-order valence-electron chi connectivity index (χ0n) is 11.8. The zero-order chi connectivity index (χ0) is 13.9. The van der Waals surface area contributed by atoms with Gasteiger partial charge in [-0.3, -0.25) is 0 Å². The van der Waals surface area contributed by atoms with Crippen LogP contribution in [0.15, 0.2) is 30.3 Å². The maximum Gasteiger partial charge on any atom is 0.129 e. The van der Waals surface area contributed by atoms with E-state index in [1.807, 2.05) is 12.1 Å². The lowest BCUT2D eigenvalue weighted by molar-refractivity contribution is 0.360. The molecule has 0 atom stereocenters. The van der Waals surface area contributed by atoms with Gasteiger partial charge in [-0.2, -0.15) is 0 Å². The summed E-state index contributed by atoms with van der Waals surface area (Å²) in [6.07, 6.45) is 1.18. The van der Waals surface area contributed by atoms with Crippen molar-refractivity contribution in [3.63, 3.8) is 0 Å². The molecule has 0 aliphatic carbocycles. The van der Waals surface area contributed by atoms with Gasteiger partial charge in [-0.15, -0.1) is 11.6 Å². The first kappa shape index (κ1) is 13.7. The number of pyridine rings is 1. The molecular formula is C16H20ClN3. The van der Waals surface area contributed by atoms with Gasteiger partial charge < -0.3 is 9.80 Å². The van der Waals surface area contributed by atoms with Crippen LogP contribution in [0.25, 0.3) is 10.9 Å². The van der Waals surface area contributed by atoms with Crippen molar-refractivity contribution in [3.05, 3.63) is 35.9 Å². The number of rotatable bonds is 2. The Hall–Kier alpha value is -1.32. The molecule has 0 spiro atoms. The molecule has 1 aromatic heterocycles. The molecule has 4 heteroatoms. The van der Waals surface area contributed by atoms with Crippen molar-refractivity contribution < 1.29 is 0 Å². The second kappa shape index (κ2) is 5.98. The fraction of sp³-hybridized carbons (Fsp3) is 0.438. The van der Waals surface area contributed by atoms with Crippen molar-refractivity contribution in [2.75, 3.05) is 38.1 Å². The van der Waals surface area contributed by atoms with Gasteiger partial charge in [0.2, 0.25) is 0 Å². The molecular weight excluding hydrogens is 270 g/mol. The minimum Gasteiger partial charge on any atom is -0.355 e.